The first kappa shape index (κ1) is 17.9. The quantitative estimate of drug-likeness (QED) is 0.785. The number of anilines is 1. The zero-order valence-electron chi connectivity index (χ0n) is 14.5. The molecule has 0 aliphatic heterocycles. The summed E-state index contributed by atoms with van der Waals surface area (Å²) in [4.78, 5) is 18.8. The number of hydrogen-bond acceptors (Lipinski definition) is 3. The average molecular weight is 358 g/mol. The third-order valence-electron chi connectivity index (χ3n) is 4.87. The van der Waals surface area contributed by atoms with Crippen LogP contribution >= 0.6 is 11.6 Å². The maximum absolute atomic E-state index is 12.5. The Bertz CT molecular complexity index is 728. The van der Waals surface area contributed by atoms with Crippen molar-refractivity contribution in [1.29, 1.82) is 0 Å². The molecule has 3 rings (SSSR count). The van der Waals surface area contributed by atoms with Crippen LogP contribution in [-0.2, 0) is 6.54 Å². The largest absolute Gasteiger partial charge is 0.322 e. The third kappa shape index (κ3) is 4.80. The molecule has 1 aliphatic rings. The number of para-hydroxylation sites is 1. The first-order valence-corrected chi connectivity index (χ1v) is 9.22. The summed E-state index contributed by atoms with van der Waals surface area (Å²) in [6, 6.07) is 11.9. The van der Waals surface area contributed by atoms with Crippen LogP contribution in [0.4, 0.5) is 5.69 Å². The predicted octanol–water partition coefficient (Wildman–Crippen LogP) is 4.75. The predicted molar refractivity (Wildman–Crippen MR) is 102 cm³/mol. The van der Waals surface area contributed by atoms with Gasteiger partial charge in [0.15, 0.2) is 0 Å². The Morgan fingerprint density at radius 2 is 2.00 bits per heavy atom. The molecule has 1 amide bonds. The third-order valence-corrected chi connectivity index (χ3v) is 5.08. The second-order valence-corrected chi connectivity index (χ2v) is 7.07. The lowest BCUT2D eigenvalue weighted by molar-refractivity contribution is 0.102. The standard InChI is InChI=1S/C20H24ClN3O/c1-24(17-8-3-2-4-9-17)14-16-7-5-6-10-18(16)23-20(25)15-11-12-22-19(21)13-15/h5-7,10-13,17H,2-4,8-9,14H2,1H3,(H,23,25). The molecule has 0 atom stereocenters. The van der Waals surface area contributed by atoms with E-state index < -0.39 is 0 Å². The van der Waals surface area contributed by atoms with Crippen LogP contribution in [0.1, 0.15) is 48.0 Å². The minimum Gasteiger partial charge on any atom is -0.322 e. The molecule has 4 nitrogen and oxygen atoms in total. The van der Waals surface area contributed by atoms with E-state index in [0.717, 1.165) is 17.8 Å². The molecular formula is C20H24ClN3O. The van der Waals surface area contributed by atoms with Gasteiger partial charge in [-0.15, -0.1) is 0 Å². The van der Waals surface area contributed by atoms with Gasteiger partial charge < -0.3 is 5.32 Å². The molecule has 1 aliphatic carbocycles. The maximum Gasteiger partial charge on any atom is 0.255 e. The fourth-order valence-electron chi connectivity index (χ4n) is 3.44. The Morgan fingerprint density at radius 1 is 1.24 bits per heavy atom. The van der Waals surface area contributed by atoms with Crippen LogP contribution in [0.5, 0.6) is 0 Å². The first-order valence-electron chi connectivity index (χ1n) is 8.84. The van der Waals surface area contributed by atoms with E-state index in [1.54, 1.807) is 18.3 Å². The number of rotatable bonds is 5. The molecule has 25 heavy (non-hydrogen) atoms. The maximum atomic E-state index is 12.5. The van der Waals surface area contributed by atoms with Crippen LogP contribution < -0.4 is 5.32 Å². The van der Waals surface area contributed by atoms with Gasteiger partial charge >= 0.3 is 0 Å². The second kappa shape index (κ2) is 8.45. The molecule has 132 valence electrons. The van der Waals surface area contributed by atoms with E-state index in [-0.39, 0.29) is 5.91 Å². The van der Waals surface area contributed by atoms with Crippen molar-refractivity contribution in [2.45, 2.75) is 44.7 Å². The van der Waals surface area contributed by atoms with Crippen molar-refractivity contribution in [2.75, 3.05) is 12.4 Å². The van der Waals surface area contributed by atoms with Crippen molar-refractivity contribution in [1.82, 2.24) is 9.88 Å². The summed E-state index contributed by atoms with van der Waals surface area (Å²) >= 11 is 5.88. The Hall–Kier alpha value is -1.91. The smallest absolute Gasteiger partial charge is 0.255 e. The van der Waals surface area contributed by atoms with Crippen LogP contribution in [0.15, 0.2) is 42.6 Å². The average Bonchev–Trinajstić information content (AvgIpc) is 2.64. The molecule has 0 bridgehead atoms. The molecule has 0 unspecified atom stereocenters. The summed E-state index contributed by atoms with van der Waals surface area (Å²) in [5.74, 6) is -0.169. The van der Waals surface area contributed by atoms with Crippen molar-refractivity contribution in [2.24, 2.45) is 0 Å². The van der Waals surface area contributed by atoms with E-state index in [4.69, 9.17) is 11.6 Å². The van der Waals surface area contributed by atoms with E-state index >= 15 is 0 Å². The van der Waals surface area contributed by atoms with Gasteiger partial charge in [-0.1, -0.05) is 49.1 Å². The van der Waals surface area contributed by atoms with E-state index in [1.165, 1.54) is 32.1 Å². The Balaban J connectivity index is 1.71. The van der Waals surface area contributed by atoms with E-state index in [9.17, 15) is 4.79 Å². The van der Waals surface area contributed by atoms with Gasteiger partial charge in [-0.25, -0.2) is 4.98 Å². The lowest BCUT2D eigenvalue weighted by Crippen LogP contribution is -2.33. The molecule has 2 aromatic rings. The molecular weight excluding hydrogens is 334 g/mol. The van der Waals surface area contributed by atoms with Crippen molar-refractivity contribution >= 4 is 23.2 Å². The molecule has 1 N–H and O–H groups in total. The SMILES string of the molecule is CN(Cc1ccccc1NC(=O)c1ccnc(Cl)c1)C1CCCCC1. The summed E-state index contributed by atoms with van der Waals surface area (Å²) in [7, 11) is 2.18. The number of nitrogens with zero attached hydrogens (tertiary/aromatic N) is 2. The van der Waals surface area contributed by atoms with Crippen LogP contribution in [0.2, 0.25) is 5.15 Å². The van der Waals surface area contributed by atoms with Gasteiger partial charge in [0, 0.05) is 30.0 Å². The summed E-state index contributed by atoms with van der Waals surface area (Å²) in [6.07, 6.45) is 8.05. The molecule has 0 saturated heterocycles. The normalized spacial score (nSPS) is 15.3. The zero-order valence-corrected chi connectivity index (χ0v) is 15.3. The minimum absolute atomic E-state index is 0.169. The van der Waals surface area contributed by atoms with Gasteiger partial charge in [-0.2, -0.15) is 0 Å². The van der Waals surface area contributed by atoms with Crippen LogP contribution in [0.25, 0.3) is 0 Å². The lowest BCUT2D eigenvalue weighted by Gasteiger charge is -2.31. The molecule has 5 heteroatoms. The number of nitrogens with one attached hydrogen (secondary N) is 1. The Labute approximate surface area is 154 Å². The van der Waals surface area contributed by atoms with Gasteiger partial charge in [-0.05, 0) is 43.7 Å². The lowest BCUT2D eigenvalue weighted by atomic mass is 9.94. The number of carbonyl (C=O) groups is 1. The monoisotopic (exact) mass is 357 g/mol. The van der Waals surface area contributed by atoms with E-state index in [2.05, 4.69) is 28.3 Å². The van der Waals surface area contributed by atoms with Gasteiger partial charge in [0.2, 0.25) is 0 Å². The highest BCUT2D eigenvalue weighted by Crippen LogP contribution is 2.25. The second-order valence-electron chi connectivity index (χ2n) is 6.69. The Morgan fingerprint density at radius 3 is 2.76 bits per heavy atom. The number of carbonyl (C=O) groups excluding carboxylic acids is 1. The summed E-state index contributed by atoms with van der Waals surface area (Å²) in [5.41, 5.74) is 2.49. The van der Waals surface area contributed by atoms with E-state index in [0.29, 0.717) is 16.8 Å². The number of aromatic nitrogens is 1. The van der Waals surface area contributed by atoms with Crippen LogP contribution in [-0.4, -0.2) is 28.9 Å². The number of hydrogen-bond donors (Lipinski definition) is 1. The topological polar surface area (TPSA) is 45.2 Å². The zero-order chi connectivity index (χ0) is 17.6. The van der Waals surface area contributed by atoms with Crippen molar-refractivity contribution in [3.63, 3.8) is 0 Å². The molecule has 0 spiro atoms. The highest BCUT2D eigenvalue weighted by molar-refractivity contribution is 6.29. The van der Waals surface area contributed by atoms with Crippen molar-refractivity contribution in [3.05, 3.63) is 58.9 Å². The molecule has 0 radical (unpaired) electrons. The molecule has 1 aromatic heterocycles. The van der Waals surface area contributed by atoms with Crippen LogP contribution in [0, 0.1) is 0 Å². The molecule has 1 heterocycles. The van der Waals surface area contributed by atoms with Gasteiger partial charge in [0.1, 0.15) is 5.15 Å². The van der Waals surface area contributed by atoms with Crippen molar-refractivity contribution in [3.8, 4) is 0 Å². The fraction of sp³-hybridized carbons (Fsp3) is 0.400. The summed E-state index contributed by atoms with van der Waals surface area (Å²) in [5, 5.41) is 3.33. The number of halogens is 1. The first-order chi connectivity index (χ1) is 12.1. The Kier molecular flexibility index (Phi) is 6.05. The minimum atomic E-state index is -0.169. The number of benzene rings is 1. The van der Waals surface area contributed by atoms with Gasteiger partial charge in [-0.3, -0.25) is 9.69 Å². The molecule has 1 aromatic carbocycles. The van der Waals surface area contributed by atoms with Gasteiger partial charge in [0.25, 0.3) is 5.91 Å². The molecule has 1 saturated carbocycles. The van der Waals surface area contributed by atoms with Crippen molar-refractivity contribution < 1.29 is 4.79 Å². The summed E-state index contributed by atoms with van der Waals surface area (Å²) < 4.78 is 0. The highest BCUT2D eigenvalue weighted by Gasteiger charge is 2.19. The van der Waals surface area contributed by atoms with Gasteiger partial charge in [0.05, 0.1) is 0 Å². The molecule has 1 fully saturated rings. The van der Waals surface area contributed by atoms with Crippen LogP contribution in [0.3, 0.4) is 0 Å². The van der Waals surface area contributed by atoms with E-state index in [1.807, 2.05) is 18.2 Å². The highest BCUT2D eigenvalue weighted by atomic mass is 35.5. The number of amides is 1. The summed E-state index contributed by atoms with van der Waals surface area (Å²) in [6.45, 7) is 0.832. The fourth-order valence-corrected chi connectivity index (χ4v) is 3.61. The number of pyridine rings is 1.